The summed E-state index contributed by atoms with van der Waals surface area (Å²) in [4.78, 5) is 25.1. The normalized spacial score (nSPS) is 20.0. The highest BCUT2D eigenvalue weighted by atomic mass is 19.1. The smallest absolute Gasteiger partial charge is 0.335 e. The van der Waals surface area contributed by atoms with Gasteiger partial charge in [-0.25, -0.2) is 19.2 Å². The molecule has 11 heteroatoms. The molecule has 4 aromatic rings. The number of carbonyl (C=O) groups is 1. The minimum atomic E-state index is -0.951. The second kappa shape index (κ2) is 12.1. The first-order valence-electron chi connectivity index (χ1n) is 14.1. The van der Waals surface area contributed by atoms with E-state index in [0.29, 0.717) is 24.2 Å². The molecule has 42 heavy (non-hydrogen) atoms. The van der Waals surface area contributed by atoms with Crippen molar-refractivity contribution in [2.75, 3.05) is 6.61 Å². The molecule has 0 spiro atoms. The molecule has 1 aliphatic heterocycles. The summed E-state index contributed by atoms with van der Waals surface area (Å²) >= 11 is 0. The SMILES string of the molecule is N#Cc1ccc(OCc2nccc(O[C@H]3CC[C@H](Cc4nc5ccc(C(=O)O)cc5n4C[C@@H]4CCO4)CC3)n2)c(F)c1. The number of carboxylic acid groups (broad SMARTS) is 1. The number of fused-ring (bicyclic) bond motifs is 1. The molecular formula is C31H30FN5O5. The average Bonchev–Trinajstić information content (AvgIpc) is 3.31. The highest BCUT2D eigenvalue weighted by Gasteiger charge is 2.27. The Morgan fingerprint density at radius 3 is 2.67 bits per heavy atom. The van der Waals surface area contributed by atoms with Crippen LogP contribution >= 0.6 is 0 Å². The van der Waals surface area contributed by atoms with Gasteiger partial charge in [-0.15, -0.1) is 0 Å². The van der Waals surface area contributed by atoms with Crippen LogP contribution in [0.4, 0.5) is 4.39 Å². The van der Waals surface area contributed by atoms with Crippen molar-refractivity contribution in [3.63, 3.8) is 0 Å². The predicted octanol–water partition coefficient (Wildman–Crippen LogP) is 5.08. The largest absolute Gasteiger partial charge is 0.483 e. The van der Waals surface area contributed by atoms with Crippen LogP contribution < -0.4 is 9.47 Å². The Bertz CT molecular complexity index is 1640. The van der Waals surface area contributed by atoms with E-state index in [1.807, 2.05) is 6.07 Å². The molecule has 1 saturated carbocycles. The number of hydrogen-bond acceptors (Lipinski definition) is 8. The number of halogens is 1. The molecule has 0 unspecified atom stereocenters. The molecule has 216 valence electrons. The lowest BCUT2D eigenvalue weighted by Gasteiger charge is -2.30. The van der Waals surface area contributed by atoms with E-state index >= 15 is 0 Å². The van der Waals surface area contributed by atoms with Crippen LogP contribution in [0.25, 0.3) is 11.0 Å². The predicted molar refractivity (Wildman–Crippen MR) is 149 cm³/mol. The minimum absolute atomic E-state index is 0.0150. The Balaban J connectivity index is 1.06. The van der Waals surface area contributed by atoms with Gasteiger partial charge in [0.1, 0.15) is 18.5 Å². The molecule has 0 amide bonds. The molecule has 2 fully saturated rings. The molecule has 1 saturated heterocycles. The fourth-order valence-corrected chi connectivity index (χ4v) is 5.53. The van der Waals surface area contributed by atoms with Crippen LogP contribution in [-0.4, -0.2) is 49.4 Å². The van der Waals surface area contributed by atoms with Gasteiger partial charge in [0.05, 0.1) is 40.9 Å². The number of carboxylic acids is 1. The lowest BCUT2D eigenvalue weighted by atomic mass is 9.85. The standard InChI is InChI=1S/C31H30FN5O5/c32-24-13-20(16-33)3-8-27(24)41-18-28-34-11-9-30(36-28)42-22-5-1-19(2-6-22)14-29-35-25-7-4-21(31(38)39)15-26(25)37(29)17-23-10-12-40-23/h3-4,7-9,11,13,15,19,22-23H,1-2,5-6,10,12,14,17-18H2,(H,38,39)/t19-,22-,23-/m0/s1. The van der Waals surface area contributed by atoms with Gasteiger partial charge in [0.2, 0.25) is 5.88 Å². The molecule has 2 aromatic heterocycles. The van der Waals surface area contributed by atoms with Crippen LogP contribution in [0.5, 0.6) is 11.6 Å². The molecule has 1 aliphatic carbocycles. The van der Waals surface area contributed by atoms with E-state index in [-0.39, 0.29) is 35.7 Å². The van der Waals surface area contributed by atoms with Gasteiger partial charge >= 0.3 is 5.97 Å². The Hall–Kier alpha value is -4.56. The van der Waals surface area contributed by atoms with Crippen LogP contribution in [0.1, 0.15) is 59.7 Å². The number of aromatic carboxylic acids is 1. The monoisotopic (exact) mass is 571 g/mol. The molecule has 0 radical (unpaired) electrons. The third kappa shape index (κ3) is 6.19. The van der Waals surface area contributed by atoms with Gasteiger partial charge in [-0.3, -0.25) is 0 Å². The molecule has 2 aliphatic rings. The van der Waals surface area contributed by atoms with Crippen LogP contribution in [0.2, 0.25) is 0 Å². The average molecular weight is 572 g/mol. The van der Waals surface area contributed by atoms with E-state index in [2.05, 4.69) is 14.5 Å². The van der Waals surface area contributed by atoms with Crippen molar-refractivity contribution in [2.45, 2.75) is 63.9 Å². The molecule has 2 aromatic carbocycles. The Labute approximate surface area is 241 Å². The molecule has 6 rings (SSSR count). The maximum atomic E-state index is 14.1. The minimum Gasteiger partial charge on any atom is -0.483 e. The second-order valence-electron chi connectivity index (χ2n) is 10.8. The van der Waals surface area contributed by atoms with Gasteiger partial charge in [-0.2, -0.15) is 10.2 Å². The van der Waals surface area contributed by atoms with Gasteiger partial charge in [-0.05, 0) is 74.4 Å². The fourth-order valence-electron chi connectivity index (χ4n) is 5.53. The third-order valence-corrected chi connectivity index (χ3v) is 7.90. The van der Waals surface area contributed by atoms with Crippen molar-refractivity contribution >= 4 is 17.0 Å². The van der Waals surface area contributed by atoms with Gasteiger partial charge in [0.15, 0.2) is 17.4 Å². The van der Waals surface area contributed by atoms with Gasteiger partial charge in [-0.1, -0.05) is 0 Å². The van der Waals surface area contributed by atoms with E-state index in [1.54, 1.807) is 30.5 Å². The Kier molecular flexibility index (Phi) is 7.97. The first kappa shape index (κ1) is 27.6. The molecule has 1 atom stereocenters. The highest BCUT2D eigenvalue weighted by molar-refractivity contribution is 5.92. The highest BCUT2D eigenvalue weighted by Crippen LogP contribution is 2.31. The summed E-state index contributed by atoms with van der Waals surface area (Å²) < 4.78 is 33.6. The van der Waals surface area contributed by atoms with Gasteiger partial charge < -0.3 is 23.9 Å². The fraction of sp³-hybridized carbons (Fsp3) is 0.387. The van der Waals surface area contributed by atoms with Crippen LogP contribution in [0.15, 0.2) is 48.7 Å². The van der Waals surface area contributed by atoms with Crippen LogP contribution in [0.3, 0.4) is 0 Å². The first-order valence-corrected chi connectivity index (χ1v) is 14.1. The second-order valence-corrected chi connectivity index (χ2v) is 10.8. The van der Waals surface area contributed by atoms with E-state index in [0.717, 1.165) is 68.1 Å². The molecule has 0 bridgehead atoms. The van der Waals surface area contributed by atoms with Crippen LogP contribution in [-0.2, 0) is 24.3 Å². The molecule has 10 nitrogen and oxygen atoms in total. The maximum Gasteiger partial charge on any atom is 0.335 e. The summed E-state index contributed by atoms with van der Waals surface area (Å²) in [6, 6.07) is 12.7. The summed E-state index contributed by atoms with van der Waals surface area (Å²) in [6.07, 6.45) is 7.19. The number of hydrogen-bond donors (Lipinski definition) is 1. The number of rotatable bonds is 10. The van der Waals surface area contributed by atoms with Crippen molar-refractivity contribution in [1.82, 2.24) is 19.5 Å². The van der Waals surface area contributed by atoms with Crippen molar-refractivity contribution < 1.29 is 28.5 Å². The molecule has 3 heterocycles. The van der Waals surface area contributed by atoms with Crippen molar-refractivity contribution in [3.05, 3.63) is 77.3 Å². The van der Waals surface area contributed by atoms with Crippen molar-refractivity contribution in [2.24, 2.45) is 5.92 Å². The zero-order valence-electron chi connectivity index (χ0n) is 22.9. The van der Waals surface area contributed by atoms with Gasteiger partial charge in [0.25, 0.3) is 0 Å². The zero-order chi connectivity index (χ0) is 29.1. The summed E-state index contributed by atoms with van der Waals surface area (Å²) in [5.74, 6) is 0.667. The zero-order valence-corrected chi connectivity index (χ0v) is 22.9. The Morgan fingerprint density at radius 2 is 1.95 bits per heavy atom. The van der Waals surface area contributed by atoms with E-state index in [4.69, 9.17) is 24.5 Å². The van der Waals surface area contributed by atoms with E-state index in [1.165, 1.54) is 12.1 Å². The van der Waals surface area contributed by atoms with Crippen LogP contribution in [0, 0.1) is 23.1 Å². The summed E-state index contributed by atoms with van der Waals surface area (Å²) in [6.45, 7) is 1.39. The van der Waals surface area contributed by atoms with E-state index < -0.39 is 11.8 Å². The first-order chi connectivity index (χ1) is 20.4. The number of nitrogens with zero attached hydrogens (tertiary/aromatic N) is 5. The molecule has 1 N–H and O–H groups in total. The summed E-state index contributed by atoms with van der Waals surface area (Å²) in [5, 5.41) is 18.4. The molecular weight excluding hydrogens is 541 g/mol. The topological polar surface area (TPSA) is 132 Å². The summed E-state index contributed by atoms with van der Waals surface area (Å²) in [7, 11) is 0. The number of nitriles is 1. The van der Waals surface area contributed by atoms with Crippen molar-refractivity contribution in [3.8, 4) is 17.7 Å². The van der Waals surface area contributed by atoms with Gasteiger partial charge in [0, 0.05) is 25.3 Å². The number of imidazole rings is 1. The lowest BCUT2D eigenvalue weighted by Crippen LogP contribution is -2.32. The Morgan fingerprint density at radius 1 is 1.12 bits per heavy atom. The third-order valence-electron chi connectivity index (χ3n) is 7.90. The quantitative estimate of drug-likeness (QED) is 0.277. The summed E-state index contributed by atoms with van der Waals surface area (Å²) in [5.41, 5.74) is 2.11. The number of ether oxygens (including phenoxy) is 3. The van der Waals surface area contributed by atoms with Crippen molar-refractivity contribution in [1.29, 1.82) is 5.26 Å². The number of benzene rings is 2. The van der Waals surface area contributed by atoms with E-state index in [9.17, 15) is 14.3 Å². The maximum absolute atomic E-state index is 14.1. The number of aromatic nitrogens is 4. The lowest BCUT2D eigenvalue weighted by molar-refractivity contribution is -0.0590.